The van der Waals surface area contributed by atoms with Crippen LogP contribution in [-0.4, -0.2) is 88.8 Å². The maximum Gasteiger partial charge on any atom is 0.411 e. The molecule has 4 atom stereocenters. The molecule has 5 heterocycles. The van der Waals surface area contributed by atoms with Crippen LogP contribution < -0.4 is 5.32 Å². The molecular weight excluding hydrogens is 605 g/mol. The van der Waals surface area contributed by atoms with Gasteiger partial charge in [-0.1, -0.05) is 12.1 Å². The summed E-state index contributed by atoms with van der Waals surface area (Å²) in [6.07, 6.45) is 4.64. The highest BCUT2D eigenvalue weighted by atomic mass is 19.1. The molecule has 1 saturated carbocycles. The van der Waals surface area contributed by atoms with E-state index in [4.69, 9.17) is 14.2 Å². The number of amides is 2. The second kappa shape index (κ2) is 11.9. The Kier molecular flexibility index (Phi) is 7.96. The maximum absolute atomic E-state index is 15.6. The van der Waals surface area contributed by atoms with Crippen LogP contribution in [0.2, 0.25) is 0 Å². The largest absolute Gasteiger partial charge is 0.449 e. The van der Waals surface area contributed by atoms with Crippen molar-refractivity contribution >= 4 is 18.0 Å². The molecule has 12 heteroatoms. The van der Waals surface area contributed by atoms with Crippen LogP contribution in [0.4, 0.5) is 9.18 Å². The summed E-state index contributed by atoms with van der Waals surface area (Å²) in [4.78, 5) is 47.5. The number of fused-ring (bicyclic) bond motifs is 4. The number of hydrogen-bond acceptors (Lipinski definition) is 9. The lowest BCUT2D eigenvalue weighted by Crippen LogP contribution is -2.55. The van der Waals surface area contributed by atoms with Gasteiger partial charge in [-0.15, -0.1) is 0 Å². The Hall–Kier alpha value is -4.08. The minimum atomic E-state index is -0.996. The highest BCUT2D eigenvalue weighted by molar-refractivity contribution is 5.93. The quantitative estimate of drug-likeness (QED) is 0.461. The minimum Gasteiger partial charge on any atom is -0.449 e. The predicted octanol–water partition coefficient (Wildman–Crippen LogP) is 4.09. The molecule has 0 radical (unpaired) electrons. The third-order valence-electron chi connectivity index (χ3n) is 10.3. The Labute approximate surface area is 273 Å². The number of rotatable bonds is 6. The number of esters is 1. The van der Waals surface area contributed by atoms with Crippen molar-refractivity contribution in [2.75, 3.05) is 26.3 Å². The zero-order valence-electron chi connectivity index (χ0n) is 27.0. The summed E-state index contributed by atoms with van der Waals surface area (Å²) in [5.41, 5.74) is 1.10. The molecule has 4 fully saturated rings. The van der Waals surface area contributed by atoms with E-state index in [1.165, 1.54) is 11.0 Å². The number of nitriles is 1. The van der Waals surface area contributed by atoms with E-state index in [9.17, 15) is 19.6 Å². The fourth-order valence-electron chi connectivity index (χ4n) is 7.87. The molecule has 4 aliphatic heterocycles. The number of carbonyl (C=O) groups excluding carboxylic acids is 3. The Morgan fingerprint density at radius 1 is 1.17 bits per heavy atom. The standard InChI is InChI=1S/C35H40FN5O6/c1-34(2,3)47-33(44)41-25-7-6-22(13-25)30(41)31(42)39-24(16-37)12-21-5-4-20(15-28(21)36)23-14-27-29(38-17-23)32(43)46-35(27)8-10-40(11-9-35)26-18-45-19-26/h4-5,14-15,17,22,24-26,30H,6-13,18-19H2,1-3H3,(H,39,42)/t22-,24-,25+,30-/m0/s1. The summed E-state index contributed by atoms with van der Waals surface area (Å²) >= 11 is 0. The lowest BCUT2D eigenvalue weighted by Gasteiger charge is -2.44. The van der Waals surface area contributed by atoms with E-state index >= 15 is 4.39 Å². The summed E-state index contributed by atoms with van der Waals surface area (Å²) in [6.45, 7) is 8.37. The number of nitrogens with zero attached hydrogens (tertiary/aromatic N) is 4. The summed E-state index contributed by atoms with van der Waals surface area (Å²) in [5, 5.41) is 12.7. The van der Waals surface area contributed by atoms with E-state index in [-0.39, 0.29) is 23.9 Å². The highest BCUT2D eigenvalue weighted by Gasteiger charge is 2.53. The fraction of sp³-hybridized carbons (Fsp3) is 0.571. The van der Waals surface area contributed by atoms with E-state index in [1.54, 1.807) is 39.1 Å². The Morgan fingerprint density at radius 2 is 1.94 bits per heavy atom. The maximum atomic E-state index is 15.6. The molecular formula is C35H40FN5O6. The van der Waals surface area contributed by atoms with Gasteiger partial charge in [0.25, 0.3) is 0 Å². The molecule has 7 rings (SSSR count). The normalized spacial score (nSPS) is 25.6. The zero-order valence-corrected chi connectivity index (χ0v) is 27.0. The Balaban J connectivity index is 1.04. The van der Waals surface area contributed by atoms with Crippen LogP contribution in [0.1, 0.15) is 74.5 Å². The molecule has 2 bridgehead atoms. The topological polar surface area (TPSA) is 134 Å². The summed E-state index contributed by atoms with van der Waals surface area (Å²) in [5.74, 6) is -1.38. The number of pyridine rings is 1. The van der Waals surface area contributed by atoms with Gasteiger partial charge in [0.1, 0.15) is 29.1 Å². The average molecular weight is 646 g/mol. The van der Waals surface area contributed by atoms with E-state index in [0.29, 0.717) is 35.7 Å². The number of halogens is 1. The molecule has 1 aromatic heterocycles. The molecule has 1 spiro atoms. The van der Waals surface area contributed by atoms with Gasteiger partial charge in [0.05, 0.1) is 25.3 Å². The smallest absolute Gasteiger partial charge is 0.411 e. The van der Waals surface area contributed by atoms with Crippen molar-refractivity contribution in [2.24, 2.45) is 5.92 Å². The van der Waals surface area contributed by atoms with Crippen molar-refractivity contribution < 1.29 is 33.0 Å². The average Bonchev–Trinajstić information content (AvgIpc) is 3.69. The summed E-state index contributed by atoms with van der Waals surface area (Å²) in [7, 11) is 0. The van der Waals surface area contributed by atoms with E-state index in [1.807, 2.05) is 6.07 Å². The summed E-state index contributed by atoms with van der Waals surface area (Å²) < 4.78 is 32.4. The number of benzene rings is 1. The zero-order chi connectivity index (χ0) is 33.1. The minimum absolute atomic E-state index is 0.00598. The van der Waals surface area contributed by atoms with Crippen LogP contribution in [0.15, 0.2) is 30.5 Å². The van der Waals surface area contributed by atoms with Crippen LogP contribution in [-0.2, 0) is 31.0 Å². The third kappa shape index (κ3) is 5.84. The fourth-order valence-corrected chi connectivity index (χ4v) is 7.87. The number of piperidine rings is 2. The van der Waals surface area contributed by atoms with Gasteiger partial charge in [-0.05, 0) is 69.2 Å². The lowest BCUT2D eigenvalue weighted by atomic mass is 9.83. The van der Waals surface area contributed by atoms with Crippen molar-refractivity contribution in [3.8, 4) is 17.2 Å². The highest BCUT2D eigenvalue weighted by Crippen LogP contribution is 2.46. The predicted molar refractivity (Wildman–Crippen MR) is 166 cm³/mol. The van der Waals surface area contributed by atoms with Gasteiger partial charge in [0.15, 0.2) is 5.69 Å². The van der Waals surface area contributed by atoms with Crippen molar-refractivity contribution in [3.63, 3.8) is 0 Å². The van der Waals surface area contributed by atoms with E-state index < -0.39 is 47.1 Å². The van der Waals surface area contributed by atoms with Gasteiger partial charge in [-0.25, -0.2) is 19.0 Å². The van der Waals surface area contributed by atoms with Gasteiger partial charge in [-0.3, -0.25) is 14.6 Å². The van der Waals surface area contributed by atoms with E-state index in [0.717, 1.165) is 51.1 Å². The van der Waals surface area contributed by atoms with Crippen LogP contribution in [0.3, 0.4) is 0 Å². The van der Waals surface area contributed by atoms with Crippen LogP contribution in [0.25, 0.3) is 11.1 Å². The number of carbonyl (C=O) groups is 3. The molecule has 11 nitrogen and oxygen atoms in total. The summed E-state index contributed by atoms with van der Waals surface area (Å²) in [6, 6.07) is 7.34. The van der Waals surface area contributed by atoms with Crippen LogP contribution in [0, 0.1) is 23.1 Å². The molecule has 2 aromatic rings. The first kappa shape index (κ1) is 31.5. The molecule has 248 valence electrons. The van der Waals surface area contributed by atoms with Crippen molar-refractivity contribution in [1.82, 2.24) is 20.1 Å². The first-order valence-corrected chi connectivity index (χ1v) is 16.5. The van der Waals surface area contributed by atoms with Crippen LogP contribution in [0.5, 0.6) is 0 Å². The second-order valence-corrected chi connectivity index (χ2v) is 14.5. The van der Waals surface area contributed by atoms with Gasteiger partial charge in [0, 0.05) is 55.7 Å². The molecule has 2 amide bonds. The van der Waals surface area contributed by atoms with E-state index in [2.05, 4.69) is 21.3 Å². The molecule has 0 unspecified atom stereocenters. The lowest BCUT2D eigenvalue weighted by molar-refractivity contribution is -0.128. The second-order valence-electron chi connectivity index (χ2n) is 14.5. The number of ether oxygens (including phenoxy) is 3. The SMILES string of the molecule is CC(C)(C)OC(=O)N1[C@@H]2CC[C@@H](C2)[C@H]1C(=O)N[C@H](C#N)Cc1ccc(-c2cnc3c(c2)C2(CCN(C4COC4)CC2)OC3=O)cc1F. The van der Waals surface area contributed by atoms with Gasteiger partial charge >= 0.3 is 12.1 Å². The molecule has 3 saturated heterocycles. The van der Waals surface area contributed by atoms with Crippen molar-refractivity contribution in [3.05, 3.63) is 53.1 Å². The van der Waals surface area contributed by atoms with Crippen molar-refractivity contribution in [2.45, 2.75) is 94.7 Å². The molecule has 47 heavy (non-hydrogen) atoms. The first-order chi connectivity index (χ1) is 22.4. The molecule has 1 aliphatic carbocycles. The Morgan fingerprint density at radius 3 is 2.60 bits per heavy atom. The van der Waals surface area contributed by atoms with Crippen LogP contribution >= 0.6 is 0 Å². The molecule has 1 N–H and O–H groups in total. The van der Waals surface area contributed by atoms with Gasteiger partial charge in [0.2, 0.25) is 5.91 Å². The number of hydrogen-bond donors (Lipinski definition) is 1. The molecule has 5 aliphatic rings. The van der Waals surface area contributed by atoms with Gasteiger partial charge < -0.3 is 19.5 Å². The Bertz CT molecular complexity index is 1640. The number of likely N-dealkylation sites (tertiary alicyclic amines) is 2. The monoisotopic (exact) mass is 645 g/mol. The van der Waals surface area contributed by atoms with Gasteiger partial charge in [-0.2, -0.15) is 5.26 Å². The number of aromatic nitrogens is 1. The number of nitrogens with one attached hydrogen (secondary N) is 1. The first-order valence-electron chi connectivity index (χ1n) is 16.5. The molecule has 1 aromatic carbocycles. The van der Waals surface area contributed by atoms with Crippen molar-refractivity contribution in [1.29, 1.82) is 5.26 Å². The third-order valence-corrected chi connectivity index (χ3v) is 10.3.